The van der Waals surface area contributed by atoms with Gasteiger partial charge in [-0.3, -0.25) is 4.79 Å². The zero-order valence-electron chi connectivity index (χ0n) is 15.2. The van der Waals surface area contributed by atoms with Gasteiger partial charge >= 0.3 is 0 Å². The van der Waals surface area contributed by atoms with Gasteiger partial charge in [0, 0.05) is 18.0 Å². The van der Waals surface area contributed by atoms with Crippen LogP contribution in [0.1, 0.15) is 54.2 Å². The number of carbonyl (C=O) groups is 1. The van der Waals surface area contributed by atoms with Crippen LogP contribution in [0.15, 0.2) is 6.33 Å². The molecule has 5 rings (SSSR count). The van der Waals surface area contributed by atoms with Gasteiger partial charge in [0.25, 0.3) is 5.91 Å². The molecular weight excluding hydrogens is 346 g/mol. The Balaban J connectivity index is 1.60. The number of fused-ring (bicyclic) bond motifs is 5. The Morgan fingerprint density at radius 2 is 2.15 bits per heavy atom. The summed E-state index contributed by atoms with van der Waals surface area (Å²) >= 11 is 1.78. The van der Waals surface area contributed by atoms with Crippen molar-refractivity contribution in [1.82, 2.24) is 24.5 Å². The number of aromatic nitrogens is 4. The Morgan fingerprint density at radius 3 is 3.00 bits per heavy atom. The van der Waals surface area contributed by atoms with Crippen molar-refractivity contribution in [3.63, 3.8) is 0 Å². The van der Waals surface area contributed by atoms with Crippen LogP contribution in [0.3, 0.4) is 0 Å². The van der Waals surface area contributed by atoms with E-state index in [9.17, 15) is 4.79 Å². The topological polar surface area (TPSA) is 63.4 Å². The zero-order valence-corrected chi connectivity index (χ0v) is 16.1. The molecule has 1 aliphatic heterocycles. The summed E-state index contributed by atoms with van der Waals surface area (Å²) in [6, 6.07) is 0. The molecule has 6 nitrogen and oxygen atoms in total. The number of likely N-dealkylation sites (tertiary alicyclic amines) is 1. The van der Waals surface area contributed by atoms with E-state index in [1.807, 2.05) is 4.90 Å². The molecule has 0 aromatic carbocycles. The summed E-state index contributed by atoms with van der Waals surface area (Å²) in [5, 5.41) is 5.58. The third-order valence-corrected chi connectivity index (χ3v) is 6.96. The highest BCUT2D eigenvalue weighted by atomic mass is 32.1. The molecular formula is C19H23N5OS. The normalized spacial score (nSPS) is 23.5. The van der Waals surface area contributed by atoms with Gasteiger partial charge in [-0.15, -0.1) is 16.4 Å². The molecule has 26 heavy (non-hydrogen) atoms. The molecule has 0 saturated carbocycles. The van der Waals surface area contributed by atoms with Gasteiger partial charge in [0.1, 0.15) is 11.2 Å². The van der Waals surface area contributed by atoms with E-state index in [1.165, 1.54) is 23.3 Å². The van der Waals surface area contributed by atoms with Crippen LogP contribution in [-0.4, -0.2) is 43.5 Å². The van der Waals surface area contributed by atoms with Gasteiger partial charge in [-0.25, -0.2) is 14.5 Å². The number of carbonyl (C=O) groups excluding carboxylic acids is 1. The number of nitrogens with zero attached hydrogens (tertiary/aromatic N) is 5. The fourth-order valence-electron chi connectivity index (χ4n) is 4.35. The van der Waals surface area contributed by atoms with Crippen LogP contribution in [-0.2, 0) is 12.8 Å². The standard InChI is InChI=1S/C19H23N5OS/c1-11-5-6-14-13(8-11)15-17-21-16(22-24(17)10-20-18(15)26-14)19(25)23-7-3-4-12(2)9-23/h10-12H,3-9H2,1-2H3/t11-,12+/m0/s1. The lowest BCUT2D eigenvalue weighted by molar-refractivity contribution is 0.0671. The van der Waals surface area contributed by atoms with Crippen LogP contribution in [0.5, 0.6) is 0 Å². The molecule has 2 atom stereocenters. The van der Waals surface area contributed by atoms with Crippen molar-refractivity contribution >= 4 is 33.1 Å². The van der Waals surface area contributed by atoms with E-state index in [0.29, 0.717) is 17.7 Å². The quantitative estimate of drug-likeness (QED) is 0.660. The molecule has 1 saturated heterocycles. The molecule has 136 valence electrons. The Labute approximate surface area is 156 Å². The fraction of sp³-hybridized carbons (Fsp3) is 0.579. The molecule has 0 unspecified atom stereocenters. The first-order valence-electron chi connectivity index (χ1n) is 9.55. The average Bonchev–Trinajstić information content (AvgIpc) is 3.21. The van der Waals surface area contributed by atoms with Crippen LogP contribution in [0.25, 0.3) is 15.9 Å². The minimum atomic E-state index is -0.0501. The van der Waals surface area contributed by atoms with Crippen molar-refractivity contribution in [1.29, 1.82) is 0 Å². The maximum atomic E-state index is 12.9. The first-order chi connectivity index (χ1) is 12.6. The molecule has 0 bridgehead atoms. The van der Waals surface area contributed by atoms with Crippen LogP contribution in [0, 0.1) is 11.8 Å². The minimum absolute atomic E-state index is 0.0501. The molecule has 3 aromatic heterocycles. The van der Waals surface area contributed by atoms with Gasteiger partial charge in [-0.1, -0.05) is 13.8 Å². The van der Waals surface area contributed by atoms with Gasteiger partial charge in [-0.05, 0) is 49.5 Å². The number of amides is 1. The first kappa shape index (κ1) is 16.2. The van der Waals surface area contributed by atoms with Crippen LogP contribution >= 0.6 is 11.3 Å². The number of hydrogen-bond donors (Lipinski definition) is 0. The predicted octanol–water partition coefficient (Wildman–Crippen LogP) is 3.34. The van der Waals surface area contributed by atoms with Crippen LogP contribution in [0.2, 0.25) is 0 Å². The third kappa shape index (κ3) is 2.52. The van der Waals surface area contributed by atoms with E-state index < -0.39 is 0 Å². The summed E-state index contributed by atoms with van der Waals surface area (Å²) < 4.78 is 1.69. The van der Waals surface area contributed by atoms with Crippen molar-refractivity contribution in [3.8, 4) is 0 Å². The monoisotopic (exact) mass is 369 g/mol. The largest absolute Gasteiger partial charge is 0.336 e. The first-order valence-corrected chi connectivity index (χ1v) is 10.4. The molecule has 2 aliphatic rings. The second kappa shape index (κ2) is 6.01. The van der Waals surface area contributed by atoms with Crippen molar-refractivity contribution in [2.75, 3.05) is 13.1 Å². The highest BCUT2D eigenvalue weighted by molar-refractivity contribution is 7.19. The molecule has 1 aliphatic carbocycles. The predicted molar refractivity (Wildman–Crippen MR) is 102 cm³/mol. The van der Waals surface area contributed by atoms with Gasteiger partial charge in [0.15, 0.2) is 5.65 Å². The number of piperidine rings is 1. The number of aryl methyl sites for hydroxylation is 1. The Hall–Kier alpha value is -2.02. The second-order valence-corrected chi connectivity index (χ2v) is 9.06. The van der Waals surface area contributed by atoms with Crippen molar-refractivity contribution in [2.24, 2.45) is 11.8 Å². The SMILES string of the molecule is C[C@@H]1CCCN(C(=O)c2nc3c4c5c(sc4ncn3n2)CC[C@H](C)C5)C1. The zero-order chi connectivity index (χ0) is 17.8. The highest BCUT2D eigenvalue weighted by Gasteiger charge is 2.27. The Bertz CT molecular complexity index is 1010. The summed E-state index contributed by atoms with van der Waals surface area (Å²) in [4.78, 5) is 26.5. The molecule has 0 radical (unpaired) electrons. The summed E-state index contributed by atoms with van der Waals surface area (Å²) in [6.45, 7) is 6.10. The maximum Gasteiger partial charge on any atom is 0.293 e. The third-order valence-electron chi connectivity index (χ3n) is 5.76. The van der Waals surface area contributed by atoms with E-state index in [0.717, 1.165) is 48.2 Å². The van der Waals surface area contributed by atoms with Crippen LogP contribution in [0.4, 0.5) is 0 Å². The Morgan fingerprint density at radius 1 is 1.27 bits per heavy atom. The lowest BCUT2D eigenvalue weighted by Gasteiger charge is -2.29. The fourth-order valence-corrected chi connectivity index (χ4v) is 5.53. The molecule has 1 fully saturated rings. The molecule has 0 spiro atoms. The lowest BCUT2D eigenvalue weighted by atomic mass is 9.89. The van der Waals surface area contributed by atoms with E-state index in [-0.39, 0.29) is 5.91 Å². The van der Waals surface area contributed by atoms with Gasteiger partial charge in [-0.2, -0.15) is 0 Å². The summed E-state index contributed by atoms with van der Waals surface area (Å²) in [7, 11) is 0. The van der Waals surface area contributed by atoms with E-state index in [4.69, 9.17) is 0 Å². The molecule has 7 heteroatoms. The van der Waals surface area contributed by atoms with E-state index in [2.05, 4.69) is 28.9 Å². The maximum absolute atomic E-state index is 12.9. The summed E-state index contributed by atoms with van der Waals surface area (Å²) in [6.07, 6.45) is 7.37. The Kier molecular flexibility index (Phi) is 3.74. The van der Waals surface area contributed by atoms with E-state index >= 15 is 0 Å². The van der Waals surface area contributed by atoms with Crippen molar-refractivity contribution < 1.29 is 4.79 Å². The lowest BCUT2D eigenvalue weighted by Crippen LogP contribution is -2.39. The molecule has 3 aromatic rings. The summed E-state index contributed by atoms with van der Waals surface area (Å²) in [5.74, 6) is 1.48. The van der Waals surface area contributed by atoms with Gasteiger partial charge < -0.3 is 4.90 Å². The van der Waals surface area contributed by atoms with Gasteiger partial charge in [0.2, 0.25) is 5.82 Å². The smallest absolute Gasteiger partial charge is 0.293 e. The minimum Gasteiger partial charge on any atom is -0.336 e. The molecule has 0 N–H and O–H groups in total. The molecule has 4 heterocycles. The second-order valence-electron chi connectivity index (χ2n) is 7.98. The summed E-state index contributed by atoms with van der Waals surface area (Å²) in [5.41, 5.74) is 2.16. The average molecular weight is 369 g/mol. The van der Waals surface area contributed by atoms with Gasteiger partial charge in [0.05, 0.1) is 5.39 Å². The molecule has 1 amide bonds. The van der Waals surface area contributed by atoms with Crippen LogP contribution < -0.4 is 0 Å². The number of hydrogen-bond acceptors (Lipinski definition) is 5. The van der Waals surface area contributed by atoms with Crippen molar-refractivity contribution in [3.05, 3.63) is 22.6 Å². The number of thiophene rings is 1. The van der Waals surface area contributed by atoms with Crippen molar-refractivity contribution in [2.45, 2.75) is 46.0 Å². The van der Waals surface area contributed by atoms with E-state index in [1.54, 1.807) is 22.2 Å². The number of rotatable bonds is 1. The highest BCUT2D eigenvalue weighted by Crippen LogP contribution is 2.38.